The molecule has 1 saturated heterocycles. The summed E-state index contributed by atoms with van der Waals surface area (Å²) in [6.45, 7) is 5.99. The first-order chi connectivity index (χ1) is 13.0. The van der Waals surface area contributed by atoms with E-state index in [2.05, 4.69) is 20.0 Å². The topological polar surface area (TPSA) is 62.7 Å². The molecular weight excluding hydrogens is 362 g/mol. The number of thiazole rings is 1. The number of esters is 1. The number of hydrogen-bond acceptors (Lipinski definition) is 6. The van der Waals surface area contributed by atoms with Crippen molar-refractivity contribution in [2.24, 2.45) is 0 Å². The maximum atomic E-state index is 12.4. The van der Waals surface area contributed by atoms with Crippen molar-refractivity contribution in [2.75, 3.05) is 33.3 Å². The molecule has 1 aromatic heterocycles. The van der Waals surface area contributed by atoms with Crippen LogP contribution in [0.15, 0.2) is 35.7 Å². The van der Waals surface area contributed by atoms with Crippen molar-refractivity contribution in [3.05, 3.63) is 57.6 Å². The van der Waals surface area contributed by atoms with Gasteiger partial charge in [0.2, 0.25) is 5.91 Å². The molecule has 1 aliphatic rings. The van der Waals surface area contributed by atoms with Crippen LogP contribution < -0.4 is 0 Å². The van der Waals surface area contributed by atoms with Crippen LogP contribution in [0, 0.1) is 6.92 Å². The molecule has 1 aliphatic heterocycles. The van der Waals surface area contributed by atoms with Crippen LogP contribution in [0.1, 0.15) is 26.6 Å². The lowest BCUT2D eigenvalue weighted by atomic mass is 10.1. The molecule has 3 rings (SSSR count). The normalized spacial score (nSPS) is 15.3. The largest absolute Gasteiger partial charge is 0.465 e. The SMILES string of the molecule is COC(=O)c1ccc(C=CC(=O)N2CCN(Cc3csc(C)n3)CC2)cc1. The first-order valence-electron chi connectivity index (χ1n) is 8.84. The molecule has 1 amide bonds. The third kappa shape index (κ3) is 5.24. The van der Waals surface area contributed by atoms with Crippen LogP contribution in [0.25, 0.3) is 6.08 Å². The Morgan fingerprint density at radius 3 is 2.48 bits per heavy atom. The molecule has 0 aliphatic carbocycles. The van der Waals surface area contributed by atoms with E-state index in [0.29, 0.717) is 18.7 Å². The summed E-state index contributed by atoms with van der Waals surface area (Å²) in [6, 6.07) is 6.97. The van der Waals surface area contributed by atoms with Gasteiger partial charge in [0.25, 0.3) is 0 Å². The molecule has 0 saturated carbocycles. The molecule has 1 fully saturated rings. The van der Waals surface area contributed by atoms with E-state index in [0.717, 1.165) is 35.9 Å². The van der Waals surface area contributed by atoms with Gasteiger partial charge in [0.15, 0.2) is 0 Å². The number of benzene rings is 1. The lowest BCUT2D eigenvalue weighted by molar-refractivity contribution is -0.127. The summed E-state index contributed by atoms with van der Waals surface area (Å²) in [5.74, 6) is -0.358. The van der Waals surface area contributed by atoms with Crippen LogP contribution in [-0.4, -0.2) is 59.9 Å². The Hall–Kier alpha value is -2.51. The zero-order valence-corrected chi connectivity index (χ0v) is 16.4. The second-order valence-electron chi connectivity index (χ2n) is 6.41. The molecule has 7 heteroatoms. The van der Waals surface area contributed by atoms with Gasteiger partial charge in [-0.2, -0.15) is 0 Å². The van der Waals surface area contributed by atoms with Gasteiger partial charge in [-0.1, -0.05) is 12.1 Å². The minimum absolute atomic E-state index is 0.0104. The Morgan fingerprint density at radius 2 is 1.89 bits per heavy atom. The van der Waals surface area contributed by atoms with Crippen LogP contribution in [0.5, 0.6) is 0 Å². The Kier molecular flexibility index (Phi) is 6.36. The van der Waals surface area contributed by atoms with E-state index in [-0.39, 0.29) is 11.9 Å². The molecule has 1 aromatic carbocycles. The molecule has 0 bridgehead atoms. The van der Waals surface area contributed by atoms with Gasteiger partial charge in [0, 0.05) is 44.2 Å². The van der Waals surface area contributed by atoms with Crippen molar-refractivity contribution in [1.29, 1.82) is 0 Å². The molecule has 27 heavy (non-hydrogen) atoms. The average Bonchev–Trinajstić information content (AvgIpc) is 3.11. The maximum Gasteiger partial charge on any atom is 0.337 e. The van der Waals surface area contributed by atoms with Crippen LogP contribution in [0.4, 0.5) is 0 Å². The predicted octanol–water partition coefficient (Wildman–Crippen LogP) is 2.60. The fraction of sp³-hybridized carbons (Fsp3) is 0.350. The molecule has 0 spiro atoms. The second-order valence-corrected chi connectivity index (χ2v) is 7.47. The Morgan fingerprint density at radius 1 is 1.19 bits per heavy atom. The number of methoxy groups -OCH3 is 1. The van der Waals surface area contributed by atoms with E-state index < -0.39 is 0 Å². The summed E-state index contributed by atoms with van der Waals surface area (Å²) in [7, 11) is 1.35. The number of nitrogens with zero attached hydrogens (tertiary/aromatic N) is 3. The molecule has 0 N–H and O–H groups in total. The van der Waals surface area contributed by atoms with E-state index in [1.165, 1.54) is 7.11 Å². The number of piperazine rings is 1. The highest BCUT2D eigenvalue weighted by atomic mass is 32.1. The van der Waals surface area contributed by atoms with Gasteiger partial charge >= 0.3 is 5.97 Å². The number of carbonyl (C=O) groups is 2. The van der Waals surface area contributed by atoms with Crippen molar-refractivity contribution in [1.82, 2.24) is 14.8 Å². The first-order valence-corrected chi connectivity index (χ1v) is 9.72. The van der Waals surface area contributed by atoms with Crippen molar-refractivity contribution in [3.63, 3.8) is 0 Å². The Bertz CT molecular complexity index is 821. The van der Waals surface area contributed by atoms with Crippen LogP contribution >= 0.6 is 11.3 Å². The number of ether oxygens (including phenoxy) is 1. The second kappa shape index (κ2) is 8.92. The van der Waals surface area contributed by atoms with Crippen molar-refractivity contribution < 1.29 is 14.3 Å². The highest BCUT2D eigenvalue weighted by molar-refractivity contribution is 7.09. The number of aromatic nitrogens is 1. The molecule has 2 heterocycles. The molecule has 0 radical (unpaired) electrons. The molecular formula is C20H23N3O3S. The van der Waals surface area contributed by atoms with Crippen molar-refractivity contribution in [3.8, 4) is 0 Å². The molecule has 2 aromatic rings. The lowest BCUT2D eigenvalue weighted by Crippen LogP contribution is -2.47. The first kappa shape index (κ1) is 19.3. The Labute approximate surface area is 163 Å². The monoisotopic (exact) mass is 385 g/mol. The maximum absolute atomic E-state index is 12.4. The summed E-state index contributed by atoms with van der Waals surface area (Å²) in [5.41, 5.74) is 2.47. The number of rotatable bonds is 5. The van der Waals surface area contributed by atoms with Gasteiger partial charge in [-0.15, -0.1) is 11.3 Å². The molecule has 0 unspecified atom stereocenters. The average molecular weight is 385 g/mol. The van der Waals surface area contributed by atoms with Crippen LogP contribution in [0.3, 0.4) is 0 Å². The van der Waals surface area contributed by atoms with Gasteiger partial charge in [-0.25, -0.2) is 9.78 Å². The standard InChI is InChI=1S/C20H23N3O3S/c1-15-21-18(14-27-15)13-22-9-11-23(12-10-22)19(24)8-5-16-3-6-17(7-4-16)20(25)26-2/h3-8,14H,9-13H2,1-2H3. The van der Waals surface area contributed by atoms with Gasteiger partial charge < -0.3 is 9.64 Å². The van der Waals surface area contributed by atoms with Crippen LogP contribution in [0.2, 0.25) is 0 Å². The summed E-state index contributed by atoms with van der Waals surface area (Å²) < 4.78 is 4.68. The van der Waals surface area contributed by atoms with E-state index in [9.17, 15) is 9.59 Å². The number of hydrogen-bond donors (Lipinski definition) is 0. The molecule has 6 nitrogen and oxygen atoms in total. The van der Waals surface area contributed by atoms with Gasteiger partial charge in [0.1, 0.15) is 0 Å². The van der Waals surface area contributed by atoms with Crippen LogP contribution in [-0.2, 0) is 16.1 Å². The summed E-state index contributed by atoms with van der Waals surface area (Å²) >= 11 is 1.67. The lowest BCUT2D eigenvalue weighted by Gasteiger charge is -2.33. The van der Waals surface area contributed by atoms with Crippen molar-refractivity contribution in [2.45, 2.75) is 13.5 Å². The van der Waals surface area contributed by atoms with Gasteiger partial charge in [-0.05, 0) is 30.7 Å². The van der Waals surface area contributed by atoms with E-state index in [4.69, 9.17) is 0 Å². The minimum Gasteiger partial charge on any atom is -0.465 e. The fourth-order valence-electron chi connectivity index (χ4n) is 2.96. The zero-order valence-electron chi connectivity index (χ0n) is 15.6. The smallest absolute Gasteiger partial charge is 0.337 e. The Balaban J connectivity index is 1.49. The molecule has 0 atom stereocenters. The van der Waals surface area contributed by atoms with Crippen molar-refractivity contribution >= 4 is 29.3 Å². The summed E-state index contributed by atoms with van der Waals surface area (Å²) in [5, 5.41) is 3.18. The van der Waals surface area contributed by atoms with Gasteiger partial charge in [-0.3, -0.25) is 9.69 Å². The van der Waals surface area contributed by atoms with E-state index in [1.54, 1.807) is 47.8 Å². The number of amides is 1. The molecule has 142 valence electrons. The zero-order chi connectivity index (χ0) is 19.2. The predicted molar refractivity (Wildman–Crippen MR) is 106 cm³/mol. The highest BCUT2D eigenvalue weighted by Gasteiger charge is 2.20. The third-order valence-corrected chi connectivity index (χ3v) is 5.31. The quantitative estimate of drug-likeness (QED) is 0.585. The third-order valence-electron chi connectivity index (χ3n) is 4.49. The van der Waals surface area contributed by atoms with E-state index >= 15 is 0 Å². The van der Waals surface area contributed by atoms with Gasteiger partial charge in [0.05, 0.1) is 23.4 Å². The number of aryl methyl sites for hydroxylation is 1. The van der Waals surface area contributed by atoms with E-state index in [1.807, 2.05) is 11.8 Å². The summed E-state index contributed by atoms with van der Waals surface area (Å²) in [4.78, 5) is 32.5. The minimum atomic E-state index is -0.368. The highest BCUT2D eigenvalue weighted by Crippen LogP contribution is 2.13. The fourth-order valence-corrected chi connectivity index (χ4v) is 3.56. The number of carbonyl (C=O) groups excluding carboxylic acids is 2. The summed E-state index contributed by atoms with van der Waals surface area (Å²) in [6.07, 6.45) is 3.36.